The molecule has 3 rings (SSSR count). The van der Waals surface area contributed by atoms with E-state index in [0.29, 0.717) is 0 Å². The van der Waals surface area contributed by atoms with Gasteiger partial charge in [-0.25, -0.2) is 0 Å². The van der Waals surface area contributed by atoms with Gasteiger partial charge >= 0.3 is 6.18 Å². The zero-order chi connectivity index (χ0) is 18.7. The summed E-state index contributed by atoms with van der Waals surface area (Å²) < 4.78 is 39.2. The molecule has 0 saturated heterocycles. The Morgan fingerprint density at radius 1 is 1.00 bits per heavy atom. The Balaban J connectivity index is 1.84. The summed E-state index contributed by atoms with van der Waals surface area (Å²) in [6.07, 6.45) is -1.84. The summed E-state index contributed by atoms with van der Waals surface area (Å²) in [6, 6.07) is 16.5. The molecule has 0 atom stereocenters. The predicted molar refractivity (Wildman–Crippen MR) is 98.1 cm³/mol. The highest BCUT2D eigenvalue weighted by Gasteiger charge is 2.34. The lowest BCUT2D eigenvalue weighted by atomic mass is 10.0. The highest BCUT2D eigenvalue weighted by molar-refractivity contribution is 6.30. The third kappa shape index (κ3) is 4.06. The monoisotopic (exact) mass is 375 g/mol. The van der Waals surface area contributed by atoms with Crippen molar-refractivity contribution in [2.24, 2.45) is 0 Å². The van der Waals surface area contributed by atoms with Gasteiger partial charge in [0.1, 0.15) is 0 Å². The molecule has 132 valence electrons. The van der Waals surface area contributed by atoms with Crippen LogP contribution in [0.2, 0.25) is 5.02 Å². The van der Waals surface area contributed by atoms with Crippen molar-refractivity contribution in [3.8, 4) is 0 Å². The van der Waals surface area contributed by atoms with Crippen LogP contribution in [0.5, 0.6) is 0 Å². The van der Waals surface area contributed by atoms with Crippen LogP contribution in [0.15, 0.2) is 66.7 Å². The Morgan fingerprint density at radius 3 is 2.50 bits per heavy atom. The van der Waals surface area contributed by atoms with E-state index >= 15 is 0 Å². The number of hydrogen-bond acceptors (Lipinski definition) is 1. The molecular formula is C20H13ClF3NO. The second-order valence-electron chi connectivity index (χ2n) is 5.58. The summed E-state index contributed by atoms with van der Waals surface area (Å²) in [5.41, 5.74) is -0.531. The molecule has 0 radical (unpaired) electrons. The lowest BCUT2D eigenvalue weighted by molar-refractivity contribution is -0.136. The normalized spacial score (nSPS) is 11.8. The second kappa shape index (κ2) is 7.22. The fourth-order valence-electron chi connectivity index (χ4n) is 2.60. The fraction of sp³-hybridized carbons (Fsp3) is 0.0500. The van der Waals surface area contributed by atoms with Crippen molar-refractivity contribution in [1.29, 1.82) is 0 Å². The first-order chi connectivity index (χ1) is 12.3. The molecule has 0 bridgehead atoms. The van der Waals surface area contributed by atoms with Crippen LogP contribution in [0.3, 0.4) is 0 Å². The number of anilines is 1. The Bertz CT molecular complexity index is 991. The molecule has 0 heterocycles. The fourth-order valence-corrected chi connectivity index (χ4v) is 2.77. The minimum Gasteiger partial charge on any atom is -0.322 e. The van der Waals surface area contributed by atoms with Gasteiger partial charge in [-0.15, -0.1) is 0 Å². The number of amides is 1. The maximum Gasteiger partial charge on any atom is 0.418 e. The van der Waals surface area contributed by atoms with Gasteiger partial charge in [0, 0.05) is 11.1 Å². The smallest absolute Gasteiger partial charge is 0.322 e. The van der Waals surface area contributed by atoms with E-state index in [-0.39, 0.29) is 10.7 Å². The van der Waals surface area contributed by atoms with Gasteiger partial charge in [-0.05, 0) is 40.6 Å². The second-order valence-corrected chi connectivity index (χ2v) is 6.02. The van der Waals surface area contributed by atoms with Gasteiger partial charge in [0.05, 0.1) is 11.3 Å². The van der Waals surface area contributed by atoms with Crippen LogP contribution in [-0.2, 0) is 11.0 Å². The van der Waals surface area contributed by atoms with Crippen molar-refractivity contribution in [3.63, 3.8) is 0 Å². The van der Waals surface area contributed by atoms with E-state index in [0.717, 1.165) is 28.5 Å². The summed E-state index contributed by atoms with van der Waals surface area (Å²) >= 11 is 5.63. The lowest BCUT2D eigenvalue weighted by Crippen LogP contribution is -2.14. The zero-order valence-electron chi connectivity index (χ0n) is 13.3. The molecule has 3 aromatic carbocycles. The van der Waals surface area contributed by atoms with Crippen molar-refractivity contribution in [1.82, 2.24) is 0 Å². The van der Waals surface area contributed by atoms with E-state index in [1.807, 2.05) is 42.5 Å². The topological polar surface area (TPSA) is 29.1 Å². The van der Waals surface area contributed by atoms with Crippen LogP contribution < -0.4 is 5.32 Å². The molecule has 0 aromatic heterocycles. The van der Waals surface area contributed by atoms with Crippen LogP contribution >= 0.6 is 11.6 Å². The molecule has 0 unspecified atom stereocenters. The number of carbonyl (C=O) groups is 1. The molecular weight excluding hydrogens is 363 g/mol. The summed E-state index contributed by atoms with van der Waals surface area (Å²) in [4.78, 5) is 12.1. The van der Waals surface area contributed by atoms with Crippen molar-refractivity contribution in [2.75, 3.05) is 5.32 Å². The average molecular weight is 376 g/mol. The highest BCUT2D eigenvalue weighted by Crippen LogP contribution is 2.36. The Kier molecular flexibility index (Phi) is 5.00. The summed E-state index contributed by atoms with van der Waals surface area (Å²) in [5.74, 6) is -0.661. The van der Waals surface area contributed by atoms with E-state index in [1.54, 1.807) is 6.08 Å². The Labute approximate surface area is 152 Å². The summed E-state index contributed by atoms with van der Waals surface area (Å²) in [7, 11) is 0. The molecule has 0 aliphatic carbocycles. The van der Waals surface area contributed by atoms with Gasteiger partial charge in [-0.2, -0.15) is 13.2 Å². The van der Waals surface area contributed by atoms with Crippen molar-refractivity contribution in [2.45, 2.75) is 6.18 Å². The average Bonchev–Trinajstić information content (AvgIpc) is 2.60. The van der Waals surface area contributed by atoms with E-state index < -0.39 is 17.6 Å². The molecule has 0 fully saturated rings. The van der Waals surface area contributed by atoms with Crippen molar-refractivity contribution in [3.05, 3.63) is 82.9 Å². The van der Waals surface area contributed by atoms with E-state index in [4.69, 9.17) is 11.6 Å². The Hall–Kier alpha value is -2.79. The first-order valence-corrected chi connectivity index (χ1v) is 8.06. The van der Waals surface area contributed by atoms with Crippen LogP contribution in [-0.4, -0.2) is 5.91 Å². The number of nitrogens with one attached hydrogen (secondary N) is 1. The number of carbonyl (C=O) groups excluding carboxylic acids is 1. The van der Waals surface area contributed by atoms with Crippen molar-refractivity contribution < 1.29 is 18.0 Å². The molecule has 0 saturated carbocycles. The molecule has 2 nitrogen and oxygen atoms in total. The molecule has 6 heteroatoms. The number of fused-ring (bicyclic) bond motifs is 1. The van der Waals surface area contributed by atoms with Crippen LogP contribution in [0.1, 0.15) is 11.1 Å². The van der Waals surface area contributed by atoms with Crippen LogP contribution in [0.25, 0.3) is 16.8 Å². The van der Waals surface area contributed by atoms with E-state index in [9.17, 15) is 18.0 Å². The largest absolute Gasteiger partial charge is 0.418 e. The molecule has 0 aliphatic heterocycles. The van der Waals surface area contributed by atoms with Gasteiger partial charge in [0.2, 0.25) is 5.91 Å². The maximum absolute atomic E-state index is 13.1. The van der Waals surface area contributed by atoms with Gasteiger partial charge < -0.3 is 5.32 Å². The molecule has 3 aromatic rings. The van der Waals surface area contributed by atoms with Gasteiger partial charge in [0.25, 0.3) is 0 Å². The van der Waals surface area contributed by atoms with Gasteiger partial charge in [-0.3, -0.25) is 4.79 Å². The Morgan fingerprint density at radius 2 is 1.73 bits per heavy atom. The lowest BCUT2D eigenvalue weighted by Gasteiger charge is -2.13. The maximum atomic E-state index is 13.1. The molecule has 26 heavy (non-hydrogen) atoms. The minimum atomic E-state index is -4.62. The minimum absolute atomic E-state index is 0.0541. The van der Waals surface area contributed by atoms with E-state index in [2.05, 4.69) is 5.32 Å². The summed E-state index contributed by atoms with van der Waals surface area (Å²) in [5, 5.41) is 4.16. The van der Waals surface area contributed by atoms with E-state index in [1.165, 1.54) is 12.1 Å². The number of hydrogen-bond donors (Lipinski definition) is 1. The first-order valence-electron chi connectivity index (χ1n) is 7.68. The first kappa shape index (κ1) is 18.0. The number of alkyl halides is 3. The number of benzene rings is 3. The summed E-state index contributed by atoms with van der Waals surface area (Å²) in [6.45, 7) is 0. The zero-order valence-corrected chi connectivity index (χ0v) is 14.1. The van der Waals surface area contributed by atoms with Gasteiger partial charge in [0.15, 0.2) is 0 Å². The predicted octanol–water partition coefficient (Wildman–Crippen LogP) is 6.16. The van der Waals surface area contributed by atoms with Crippen LogP contribution in [0, 0.1) is 0 Å². The third-order valence-corrected chi connectivity index (χ3v) is 4.02. The third-order valence-electron chi connectivity index (χ3n) is 3.78. The number of rotatable bonds is 3. The molecule has 1 N–H and O–H groups in total. The highest BCUT2D eigenvalue weighted by atomic mass is 35.5. The SMILES string of the molecule is O=C(/C=C/c1cccc2ccccc12)Nc1ccc(Cl)cc1C(F)(F)F. The molecule has 0 spiro atoms. The quantitative estimate of drug-likeness (QED) is 0.545. The number of halogens is 4. The molecule has 0 aliphatic rings. The van der Waals surface area contributed by atoms with Crippen molar-refractivity contribution >= 4 is 40.0 Å². The molecule has 1 amide bonds. The van der Waals surface area contributed by atoms with Crippen LogP contribution in [0.4, 0.5) is 18.9 Å². The van der Waals surface area contributed by atoms with Gasteiger partial charge in [-0.1, -0.05) is 54.1 Å². The standard InChI is InChI=1S/C20H13ClF3NO/c21-15-9-10-18(17(12-15)20(22,23)24)25-19(26)11-8-14-6-3-5-13-4-1-2-7-16(13)14/h1-12H,(H,25,26)/b11-8+.